The van der Waals surface area contributed by atoms with Crippen LogP contribution in [0.1, 0.15) is 52.4 Å². The molecule has 4 fully saturated rings. The largest absolute Gasteiger partial charge is 0.392 e. The Hall–Kier alpha value is -1.20. The van der Waals surface area contributed by atoms with Crippen molar-refractivity contribution in [2.75, 3.05) is 0 Å². The molecule has 14 atom stereocenters. The molecule has 196 valence electrons. The number of carbonyl (C=O) groups is 2. The van der Waals surface area contributed by atoms with Gasteiger partial charge in [-0.25, -0.2) is 0 Å². The van der Waals surface area contributed by atoms with Gasteiger partial charge in [-0.15, -0.1) is 0 Å². The van der Waals surface area contributed by atoms with Crippen LogP contribution in [-0.2, 0) is 19.1 Å². The normalized spacial score (nSPS) is 54.1. The summed E-state index contributed by atoms with van der Waals surface area (Å²) in [6, 6.07) is -0.548. The predicted octanol–water partition coefficient (Wildman–Crippen LogP) is 0.0640. The molecule has 1 saturated heterocycles. The monoisotopic (exact) mass is 493 g/mol. The highest BCUT2D eigenvalue weighted by atomic mass is 16.7. The number of ether oxygens (including phenoxy) is 2. The third-order valence-corrected chi connectivity index (χ3v) is 9.63. The molecule has 9 heteroatoms. The summed E-state index contributed by atoms with van der Waals surface area (Å²) in [6.45, 7) is 3.56. The van der Waals surface area contributed by atoms with Crippen molar-refractivity contribution in [3.05, 3.63) is 12.2 Å². The number of aliphatic hydroxyl groups excluding tert-OH is 3. The highest BCUT2D eigenvalue weighted by molar-refractivity contribution is 6.00. The molecule has 5 aliphatic rings. The molecule has 0 aromatic rings. The van der Waals surface area contributed by atoms with E-state index in [4.69, 9.17) is 15.2 Å². The molecule has 0 radical (unpaired) electrons. The van der Waals surface area contributed by atoms with Gasteiger partial charge >= 0.3 is 0 Å². The first-order valence-corrected chi connectivity index (χ1v) is 13.1. The molecule has 0 amide bonds. The lowest BCUT2D eigenvalue weighted by Gasteiger charge is -2.57. The Labute approximate surface area is 205 Å². The molecule has 1 aliphatic heterocycles. The van der Waals surface area contributed by atoms with E-state index in [1.807, 2.05) is 19.1 Å². The van der Waals surface area contributed by atoms with E-state index in [9.17, 15) is 30.0 Å². The first kappa shape index (κ1) is 25.4. The summed E-state index contributed by atoms with van der Waals surface area (Å²) in [5.74, 6) is -4.45. The Morgan fingerprint density at radius 2 is 1.63 bits per heavy atom. The van der Waals surface area contributed by atoms with E-state index < -0.39 is 84.0 Å². The molecule has 3 saturated carbocycles. The SMILES string of the molecule is CC[C@]1(O)CC2C(O)C3C(=O)C4CC=CCC4C(=O)C3C(O)C2[C@@H](OC2CC(N)C(O)C(C)O2)C1. The minimum absolute atomic E-state index is 0.151. The fourth-order valence-corrected chi connectivity index (χ4v) is 7.62. The molecule has 0 aromatic carbocycles. The summed E-state index contributed by atoms with van der Waals surface area (Å²) in [4.78, 5) is 27.0. The van der Waals surface area contributed by atoms with E-state index in [1.54, 1.807) is 6.92 Å². The summed E-state index contributed by atoms with van der Waals surface area (Å²) in [5.41, 5.74) is 4.92. The molecule has 9 nitrogen and oxygen atoms in total. The standard InChI is InChI=1S/C26H39NO8/c1-3-26(33)9-14-18(16(10-26)35-17-8-15(27)21(28)11(2)34-17)25(32)20-19(24(14)31)22(29)12-6-4-5-7-13(12)23(20)30/h4-5,11-21,24-25,28,31-33H,3,6-10,27H2,1-2H3/t11?,12?,13?,14?,15?,16-,17?,18?,19?,20?,21?,24?,25?,26-/m0/s1. The number of fused-ring (bicyclic) bond motifs is 3. The molecule has 5 rings (SSSR count). The van der Waals surface area contributed by atoms with Gasteiger partial charge in [-0.1, -0.05) is 19.1 Å². The van der Waals surface area contributed by atoms with E-state index in [0.29, 0.717) is 19.3 Å². The van der Waals surface area contributed by atoms with E-state index in [1.165, 1.54) is 0 Å². The molecule has 1 heterocycles. The van der Waals surface area contributed by atoms with Crippen LogP contribution in [-0.4, -0.2) is 80.4 Å². The average molecular weight is 494 g/mol. The van der Waals surface area contributed by atoms with Gasteiger partial charge in [-0.05, 0) is 38.5 Å². The molecule has 35 heavy (non-hydrogen) atoms. The maximum atomic E-state index is 13.6. The number of carbonyl (C=O) groups excluding carboxylic acids is 2. The van der Waals surface area contributed by atoms with Crippen molar-refractivity contribution in [1.82, 2.24) is 0 Å². The van der Waals surface area contributed by atoms with Crippen molar-refractivity contribution in [2.45, 2.75) is 101 Å². The maximum Gasteiger partial charge on any atom is 0.160 e. The highest BCUT2D eigenvalue weighted by Gasteiger charge is 2.64. The molecular formula is C26H39NO8. The number of allylic oxidation sites excluding steroid dienone is 2. The first-order valence-electron chi connectivity index (χ1n) is 13.1. The zero-order chi connectivity index (χ0) is 25.2. The summed E-state index contributed by atoms with van der Waals surface area (Å²) in [5, 5.41) is 44.6. The molecule has 6 N–H and O–H groups in total. The zero-order valence-corrected chi connectivity index (χ0v) is 20.4. The van der Waals surface area contributed by atoms with Crippen LogP contribution in [0.3, 0.4) is 0 Å². The molecule has 0 aromatic heterocycles. The van der Waals surface area contributed by atoms with E-state index in [0.717, 1.165) is 0 Å². The minimum Gasteiger partial charge on any atom is -0.392 e. The van der Waals surface area contributed by atoms with Gasteiger partial charge in [-0.2, -0.15) is 0 Å². The lowest BCUT2D eigenvalue weighted by molar-refractivity contribution is -0.281. The lowest BCUT2D eigenvalue weighted by Crippen LogP contribution is -2.68. The maximum absolute atomic E-state index is 13.6. The third kappa shape index (κ3) is 4.13. The Morgan fingerprint density at radius 1 is 1.03 bits per heavy atom. The van der Waals surface area contributed by atoms with Crippen LogP contribution in [0.25, 0.3) is 0 Å². The van der Waals surface area contributed by atoms with Crippen molar-refractivity contribution in [2.24, 2.45) is 41.2 Å². The number of aliphatic hydroxyl groups is 4. The van der Waals surface area contributed by atoms with E-state index in [2.05, 4.69) is 0 Å². The van der Waals surface area contributed by atoms with Crippen LogP contribution < -0.4 is 5.73 Å². The Morgan fingerprint density at radius 3 is 2.20 bits per heavy atom. The predicted molar refractivity (Wildman–Crippen MR) is 124 cm³/mol. The lowest BCUT2D eigenvalue weighted by atomic mass is 9.50. The third-order valence-electron chi connectivity index (χ3n) is 9.63. The Kier molecular flexibility index (Phi) is 6.74. The second-order valence-corrected chi connectivity index (χ2v) is 11.6. The first-order chi connectivity index (χ1) is 16.6. The van der Waals surface area contributed by atoms with Gasteiger partial charge in [-0.3, -0.25) is 9.59 Å². The van der Waals surface area contributed by atoms with Crippen LogP contribution in [0.2, 0.25) is 0 Å². The minimum atomic E-state index is -1.18. The molecule has 0 spiro atoms. The molecular weight excluding hydrogens is 454 g/mol. The van der Waals surface area contributed by atoms with Crippen molar-refractivity contribution in [3.8, 4) is 0 Å². The smallest absolute Gasteiger partial charge is 0.160 e. The molecule has 4 aliphatic carbocycles. The second-order valence-electron chi connectivity index (χ2n) is 11.6. The van der Waals surface area contributed by atoms with Gasteiger partial charge in [0.2, 0.25) is 0 Å². The van der Waals surface area contributed by atoms with Crippen molar-refractivity contribution < 1.29 is 39.5 Å². The van der Waals surface area contributed by atoms with Crippen molar-refractivity contribution in [1.29, 1.82) is 0 Å². The Balaban J connectivity index is 1.46. The van der Waals surface area contributed by atoms with Gasteiger partial charge in [0.1, 0.15) is 11.6 Å². The van der Waals surface area contributed by atoms with Gasteiger partial charge in [0, 0.05) is 36.6 Å². The highest BCUT2D eigenvalue weighted by Crippen LogP contribution is 2.54. The number of hydrogen-bond donors (Lipinski definition) is 5. The van der Waals surface area contributed by atoms with Crippen molar-refractivity contribution >= 4 is 11.6 Å². The average Bonchev–Trinajstić information content (AvgIpc) is 2.83. The topological polar surface area (TPSA) is 160 Å². The van der Waals surface area contributed by atoms with Crippen LogP contribution in [0.5, 0.6) is 0 Å². The van der Waals surface area contributed by atoms with Crippen LogP contribution in [0.15, 0.2) is 12.2 Å². The summed E-state index contributed by atoms with van der Waals surface area (Å²) in [6.07, 6.45) is 0.658. The second kappa shape index (κ2) is 9.28. The van der Waals surface area contributed by atoms with Gasteiger partial charge in [0.05, 0.1) is 48.0 Å². The fourth-order valence-electron chi connectivity index (χ4n) is 7.62. The zero-order valence-electron chi connectivity index (χ0n) is 20.4. The van der Waals surface area contributed by atoms with Gasteiger partial charge in [0.25, 0.3) is 0 Å². The fraction of sp³-hybridized carbons (Fsp3) is 0.846. The van der Waals surface area contributed by atoms with E-state index >= 15 is 0 Å². The Bertz CT molecular complexity index is 867. The number of nitrogens with two attached hydrogens (primary N) is 1. The number of rotatable bonds is 3. The number of Topliss-reactive ketones (excluding diaryl/α,β-unsaturated/α-hetero) is 2. The van der Waals surface area contributed by atoms with E-state index in [-0.39, 0.29) is 30.8 Å². The van der Waals surface area contributed by atoms with Crippen LogP contribution in [0.4, 0.5) is 0 Å². The molecule has 12 unspecified atom stereocenters. The van der Waals surface area contributed by atoms with Gasteiger partial charge in [0.15, 0.2) is 6.29 Å². The van der Waals surface area contributed by atoms with Crippen LogP contribution in [0, 0.1) is 35.5 Å². The van der Waals surface area contributed by atoms with Crippen molar-refractivity contribution in [3.63, 3.8) is 0 Å². The summed E-state index contributed by atoms with van der Waals surface area (Å²) >= 11 is 0. The quantitative estimate of drug-likeness (QED) is 0.343. The summed E-state index contributed by atoms with van der Waals surface area (Å²) < 4.78 is 12.1. The van der Waals surface area contributed by atoms with Gasteiger partial charge < -0.3 is 35.6 Å². The molecule has 0 bridgehead atoms. The van der Waals surface area contributed by atoms with Crippen LogP contribution >= 0.6 is 0 Å². The number of hydrogen-bond acceptors (Lipinski definition) is 9. The summed E-state index contributed by atoms with van der Waals surface area (Å²) in [7, 11) is 0. The number of ketones is 2.